The average Bonchev–Trinajstić information content (AvgIpc) is 3.14. The standard InChI is InChI=1S/C22H27N3O3S/c1-17-7-8-18(2)21(15-17)29(27,28)24-13-11-23(12-14-24)16-22(26)25-10-9-19-5-3-4-6-20(19)25/h3-8,15H,9-14,16H2,1-2H3. The van der Waals surface area contributed by atoms with E-state index in [0.29, 0.717) is 37.6 Å². The van der Waals surface area contributed by atoms with Crippen LogP contribution in [0.1, 0.15) is 16.7 Å². The van der Waals surface area contributed by atoms with E-state index >= 15 is 0 Å². The van der Waals surface area contributed by atoms with Crippen molar-refractivity contribution in [2.75, 3.05) is 44.2 Å². The number of rotatable bonds is 4. The first-order valence-electron chi connectivity index (χ1n) is 10.0. The number of hydrogen-bond donors (Lipinski definition) is 0. The fourth-order valence-corrected chi connectivity index (χ4v) is 5.86. The Morgan fingerprint density at radius 3 is 2.45 bits per heavy atom. The molecule has 0 aromatic heterocycles. The molecule has 2 aliphatic heterocycles. The van der Waals surface area contributed by atoms with Gasteiger partial charge in [0.2, 0.25) is 15.9 Å². The van der Waals surface area contributed by atoms with Gasteiger partial charge in [0.1, 0.15) is 0 Å². The molecule has 0 aliphatic carbocycles. The quantitative estimate of drug-likeness (QED) is 0.771. The minimum absolute atomic E-state index is 0.0841. The van der Waals surface area contributed by atoms with Crippen LogP contribution in [0.25, 0.3) is 0 Å². The number of piperazine rings is 1. The number of fused-ring (bicyclic) bond motifs is 1. The number of amides is 1. The zero-order chi connectivity index (χ0) is 20.6. The maximum Gasteiger partial charge on any atom is 0.243 e. The Balaban J connectivity index is 1.39. The van der Waals surface area contributed by atoms with Crippen LogP contribution in [0.3, 0.4) is 0 Å². The smallest absolute Gasteiger partial charge is 0.243 e. The number of anilines is 1. The lowest BCUT2D eigenvalue weighted by Crippen LogP contribution is -2.51. The Hall–Kier alpha value is -2.22. The van der Waals surface area contributed by atoms with E-state index in [1.807, 2.05) is 49.1 Å². The Morgan fingerprint density at radius 1 is 0.966 bits per heavy atom. The molecule has 4 rings (SSSR count). The van der Waals surface area contributed by atoms with E-state index in [4.69, 9.17) is 0 Å². The zero-order valence-electron chi connectivity index (χ0n) is 17.0. The second-order valence-electron chi connectivity index (χ2n) is 7.87. The van der Waals surface area contributed by atoms with Crippen molar-refractivity contribution in [1.82, 2.24) is 9.21 Å². The molecule has 0 spiro atoms. The Kier molecular flexibility index (Phi) is 5.46. The van der Waals surface area contributed by atoms with E-state index in [1.54, 1.807) is 10.4 Å². The Bertz CT molecular complexity index is 1030. The average molecular weight is 414 g/mol. The summed E-state index contributed by atoms with van der Waals surface area (Å²) in [6.07, 6.45) is 0.893. The van der Waals surface area contributed by atoms with Crippen LogP contribution in [0, 0.1) is 13.8 Å². The molecule has 0 radical (unpaired) electrons. The number of sulfonamides is 1. The van der Waals surface area contributed by atoms with Crippen molar-refractivity contribution in [1.29, 1.82) is 0 Å². The summed E-state index contributed by atoms with van der Waals surface area (Å²) in [5, 5.41) is 0. The first-order chi connectivity index (χ1) is 13.9. The van der Waals surface area contributed by atoms with Crippen LogP contribution >= 0.6 is 0 Å². The lowest BCUT2D eigenvalue weighted by molar-refractivity contribution is -0.119. The van der Waals surface area contributed by atoms with Crippen molar-refractivity contribution in [3.05, 3.63) is 59.2 Å². The van der Waals surface area contributed by atoms with Crippen LogP contribution in [0.5, 0.6) is 0 Å². The van der Waals surface area contributed by atoms with Gasteiger partial charge < -0.3 is 4.90 Å². The fraction of sp³-hybridized carbons (Fsp3) is 0.409. The second kappa shape index (κ2) is 7.89. The van der Waals surface area contributed by atoms with Gasteiger partial charge in [0.25, 0.3) is 0 Å². The fourth-order valence-electron chi connectivity index (χ4n) is 4.13. The number of benzene rings is 2. The monoisotopic (exact) mass is 413 g/mol. The minimum Gasteiger partial charge on any atom is -0.311 e. The van der Waals surface area contributed by atoms with Gasteiger partial charge in [-0.05, 0) is 49.1 Å². The molecule has 0 N–H and O–H groups in total. The molecule has 1 fully saturated rings. The van der Waals surface area contributed by atoms with Gasteiger partial charge in [-0.15, -0.1) is 0 Å². The topological polar surface area (TPSA) is 60.9 Å². The molecule has 29 heavy (non-hydrogen) atoms. The molecule has 2 aromatic rings. The largest absolute Gasteiger partial charge is 0.311 e. The van der Waals surface area contributed by atoms with Gasteiger partial charge in [-0.3, -0.25) is 9.69 Å². The second-order valence-corrected chi connectivity index (χ2v) is 9.78. The van der Waals surface area contributed by atoms with E-state index in [9.17, 15) is 13.2 Å². The van der Waals surface area contributed by atoms with Crippen molar-refractivity contribution in [2.45, 2.75) is 25.2 Å². The van der Waals surface area contributed by atoms with Gasteiger partial charge in [0.05, 0.1) is 11.4 Å². The first kappa shape index (κ1) is 20.1. The number of aryl methyl sites for hydroxylation is 2. The lowest BCUT2D eigenvalue weighted by atomic mass is 10.2. The molecule has 2 aliphatic rings. The summed E-state index contributed by atoms with van der Waals surface area (Å²) >= 11 is 0. The summed E-state index contributed by atoms with van der Waals surface area (Å²) in [5.74, 6) is 0.0841. The summed E-state index contributed by atoms with van der Waals surface area (Å²) < 4.78 is 27.7. The van der Waals surface area contributed by atoms with Gasteiger partial charge in [0.15, 0.2) is 0 Å². The summed E-state index contributed by atoms with van der Waals surface area (Å²) in [6, 6.07) is 13.5. The summed E-state index contributed by atoms with van der Waals surface area (Å²) in [5.41, 5.74) is 3.92. The first-order valence-corrected chi connectivity index (χ1v) is 11.5. The molecule has 2 aromatic carbocycles. The molecule has 1 saturated heterocycles. The van der Waals surface area contributed by atoms with Crippen LogP contribution in [0.4, 0.5) is 5.69 Å². The van der Waals surface area contributed by atoms with E-state index < -0.39 is 10.0 Å². The van der Waals surface area contributed by atoms with Crippen LogP contribution in [0.2, 0.25) is 0 Å². The van der Waals surface area contributed by atoms with E-state index in [1.165, 1.54) is 5.56 Å². The maximum absolute atomic E-state index is 13.1. The van der Waals surface area contributed by atoms with Crippen LogP contribution in [-0.4, -0.2) is 62.8 Å². The van der Waals surface area contributed by atoms with Crippen LogP contribution < -0.4 is 4.90 Å². The highest BCUT2D eigenvalue weighted by molar-refractivity contribution is 7.89. The molecule has 2 heterocycles. The van der Waals surface area contributed by atoms with Gasteiger partial charge in [0, 0.05) is 38.4 Å². The van der Waals surface area contributed by atoms with Crippen LogP contribution in [-0.2, 0) is 21.2 Å². The molecule has 6 nitrogen and oxygen atoms in total. The third kappa shape index (κ3) is 3.95. The number of carbonyl (C=O) groups excluding carboxylic acids is 1. The van der Waals surface area contributed by atoms with Crippen LogP contribution in [0.15, 0.2) is 47.4 Å². The highest BCUT2D eigenvalue weighted by Gasteiger charge is 2.31. The van der Waals surface area contributed by atoms with Crippen molar-refractivity contribution in [3.8, 4) is 0 Å². The third-order valence-electron chi connectivity index (χ3n) is 5.84. The zero-order valence-corrected chi connectivity index (χ0v) is 17.8. The number of nitrogens with zero attached hydrogens (tertiary/aromatic N) is 3. The maximum atomic E-state index is 13.1. The minimum atomic E-state index is -3.51. The summed E-state index contributed by atoms with van der Waals surface area (Å²) in [4.78, 5) is 17.1. The van der Waals surface area contributed by atoms with E-state index in [0.717, 1.165) is 29.8 Å². The van der Waals surface area contributed by atoms with Crippen molar-refractivity contribution in [3.63, 3.8) is 0 Å². The highest BCUT2D eigenvalue weighted by Crippen LogP contribution is 2.28. The van der Waals surface area contributed by atoms with Gasteiger partial charge in [-0.1, -0.05) is 30.3 Å². The molecule has 7 heteroatoms. The van der Waals surface area contributed by atoms with Gasteiger partial charge >= 0.3 is 0 Å². The predicted octanol–water partition coefficient (Wildman–Crippen LogP) is 2.20. The Morgan fingerprint density at radius 2 is 1.69 bits per heavy atom. The lowest BCUT2D eigenvalue weighted by Gasteiger charge is -2.34. The van der Waals surface area contributed by atoms with Crippen molar-refractivity contribution >= 4 is 21.6 Å². The molecule has 1 amide bonds. The SMILES string of the molecule is Cc1ccc(C)c(S(=O)(=O)N2CCN(CC(=O)N3CCc4ccccc43)CC2)c1. The van der Waals surface area contributed by atoms with Gasteiger partial charge in [-0.2, -0.15) is 4.31 Å². The number of hydrogen-bond acceptors (Lipinski definition) is 4. The summed E-state index contributed by atoms with van der Waals surface area (Å²) in [6.45, 7) is 6.70. The predicted molar refractivity (Wildman–Crippen MR) is 114 cm³/mol. The van der Waals surface area contributed by atoms with Gasteiger partial charge in [-0.25, -0.2) is 8.42 Å². The summed E-state index contributed by atoms with van der Waals surface area (Å²) in [7, 11) is -3.51. The van der Waals surface area contributed by atoms with E-state index in [2.05, 4.69) is 11.0 Å². The van der Waals surface area contributed by atoms with Crippen molar-refractivity contribution < 1.29 is 13.2 Å². The molecule has 154 valence electrons. The van der Waals surface area contributed by atoms with Crippen molar-refractivity contribution in [2.24, 2.45) is 0 Å². The third-order valence-corrected chi connectivity index (χ3v) is 7.88. The molecule has 0 saturated carbocycles. The number of para-hydroxylation sites is 1. The molecular formula is C22H27N3O3S. The molecule has 0 atom stereocenters. The van der Waals surface area contributed by atoms with E-state index in [-0.39, 0.29) is 5.91 Å². The molecule has 0 bridgehead atoms. The highest BCUT2D eigenvalue weighted by atomic mass is 32.2. The number of carbonyl (C=O) groups is 1. The molecule has 0 unspecified atom stereocenters. The molecular weight excluding hydrogens is 386 g/mol. The Labute approximate surface area is 172 Å². The normalized spacial score (nSPS) is 18.1.